The molecule has 0 spiro atoms. The molecule has 0 saturated carbocycles. The Hall–Kier alpha value is -1.24. The Labute approximate surface area is 137 Å². The van der Waals surface area contributed by atoms with Crippen molar-refractivity contribution in [1.29, 1.82) is 0 Å². The van der Waals surface area contributed by atoms with E-state index in [0.29, 0.717) is 18.5 Å². The van der Waals surface area contributed by atoms with Gasteiger partial charge in [0, 0.05) is 11.0 Å². The minimum atomic E-state index is -3.58. The van der Waals surface area contributed by atoms with Crippen molar-refractivity contribution in [2.24, 2.45) is 0 Å². The van der Waals surface area contributed by atoms with E-state index in [9.17, 15) is 12.8 Å². The molecular formula is C16H15BrFNO2S. The van der Waals surface area contributed by atoms with Crippen molar-refractivity contribution in [2.75, 3.05) is 6.54 Å². The molecule has 1 heterocycles. The lowest BCUT2D eigenvalue weighted by molar-refractivity contribution is 0.395. The molecule has 1 aliphatic rings. The van der Waals surface area contributed by atoms with Crippen molar-refractivity contribution in [3.05, 3.63) is 64.4 Å². The van der Waals surface area contributed by atoms with Crippen LogP contribution in [0, 0.1) is 5.82 Å². The minimum absolute atomic E-state index is 0.263. The summed E-state index contributed by atoms with van der Waals surface area (Å²) in [5.74, 6) is -0.342. The maximum Gasteiger partial charge on any atom is 0.243 e. The molecule has 0 amide bonds. The van der Waals surface area contributed by atoms with Crippen LogP contribution in [-0.2, 0) is 10.0 Å². The van der Waals surface area contributed by atoms with Crippen LogP contribution in [-0.4, -0.2) is 19.3 Å². The van der Waals surface area contributed by atoms with Crippen molar-refractivity contribution in [3.63, 3.8) is 0 Å². The second-order valence-electron chi connectivity index (χ2n) is 5.28. The van der Waals surface area contributed by atoms with Crippen LogP contribution in [0.3, 0.4) is 0 Å². The quantitative estimate of drug-likeness (QED) is 0.799. The zero-order valence-corrected chi connectivity index (χ0v) is 14.1. The summed E-state index contributed by atoms with van der Waals surface area (Å²) in [5, 5.41) is 0. The number of hydrogen-bond acceptors (Lipinski definition) is 2. The van der Waals surface area contributed by atoms with Crippen molar-refractivity contribution in [3.8, 4) is 0 Å². The van der Waals surface area contributed by atoms with Gasteiger partial charge in [-0.25, -0.2) is 12.8 Å². The van der Waals surface area contributed by atoms with Crippen LogP contribution in [0.5, 0.6) is 0 Å². The van der Waals surface area contributed by atoms with Gasteiger partial charge in [0.15, 0.2) is 0 Å². The zero-order chi connectivity index (χ0) is 15.7. The number of benzene rings is 2. The molecule has 1 atom stereocenters. The number of nitrogens with zero attached hydrogens (tertiary/aromatic N) is 1. The highest BCUT2D eigenvalue weighted by atomic mass is 79.9. The van der Waals surface area contributed by atoms with Gasteiger partial charge in [0.1, 0.15) is 5.82 Å². The minimum Gasteiger partial charge on any atom is -0.207 e. The Morgan fingerprint density at radius 1 is 1.14 bits per heavy atom. The Bertz CT molecular complexity index is 777. The monoisotopic (exact) mass is 383 g/mol. The highest BCUT2D eigenvalue weighted by Gasteiger charge is 2.36. The largest absolute Gasteiger partial charge is 0.243 e. The third kappa shape index (κ3) is 2.95. The number of halogens is 2. The van der Waals surface area contributed by atoms with E-state index in [1.807, 2.05) is 0 Å². The predicted octanol–water partition coefficient (Wildman–Crippen LogP) is 4.11. The zero-order valence-electron chi connectivity index (χ0n) is 11.7. The lowest BCUT2D eigenvalue weighted by atomic mass is 10.1. The molecule has 0 unspecified atom stereocenters. The van der Waals surface area contributed by atoms with E-state index in [0.717, 1.165) is 10.9 Å². The van der Waals surface area contributed by atoms with E-state index in [-0.39, 0.29) is 16.8 Å². The third-order valence-corrected chi connectivity index (χ3v) is 6.31. The molecule has 2 aromatic rings. The molecule has 0 N–H and O–H groups in total. The SMILES string of the molecule is O=S(=O)(c1ccc(Br)cc1)N1CCC[C@@H]1c1cccc(F)c1. The maximum atomic E-state index is 13.4. The van der Waals surface area contributed by atoms with Crippen LogP contribution >= 0.6 is 15.9 Å². The smallest absolute Gasteiger partial charge is 0.207 e. The Morgan fingerprint density at radius 2 is 1.86 bits per heavy atom. The van der Waals surface area contributed by atoms with Gasteiger partial charge in [0.2, 0.25) is 10.0 Å². The average Bonchev–Trinajstić information content (AvgIpc) is 2.98. The van der Waals surface area contributed by atoms with Crippen LogP contribution in [0.1, 0.15) is 24.4 Å². The fourth-order valence-electron chi connectivity index (χ4n) is 2.82. The molecule has 0 aromatic heterocycles. The van der Waals surface area contributed by atoms with Gasteiger partial charge in [-0.05, 0) is 54.8 Å². The topological polar surface area (TPSA) is 37.4 Å². The normalized spacial score (nSPS) is 19.5. The molecular weight excluding hydrogens is 369 g/mol. The van der Waals surface area contributed by atoms with Gasteiger partial charge in [-0.3, -0.25) is 0 Å². The van der Waals surface area contributed by atoms with Gasteiger partial charge in [-0.2, -0.15) is 4.31 Å². The van der Waals surface area contributed by atoms with Gasteiger partial charge in [0.25, 0.3) is 0 Å². The van der Waals surface area contributed by atoms with E-state index in [2.05, 4.69) is 15.9 Å². The summed E-state index contributed by atoms with van der Waals surface area (Å²) in [6.07, 6.45) is 1.48. The van der Waals surface area contributed by atoms with Gasteiger partial charge in [0.05, 0.1) is 10.9 Å². The molecule has 0 radical (unpaired) electrons. The fraction of sp³-hybridized carbons (Fsp3) is 0.250. The molecule has 1 aliphatic heterocycles. The first kappa shape index (κ1) is 15.6. The van der Waals surface area contributed by atoms with Crippen molar-refractivity contribution >= 4 is 26.0 Å². The molecule has 0 bridgehead atoms. The number of hydrogen-bond donors (Lipinski definition) is 0. The second-order valence-corrected chi connectivity index (χ2v) is 8.09. The Balaban J connectivity index is 1.97. The van der Waals surface area contributed by atoms with E-state index >= 15 is 0 Å². The number of rotatable bonds is 3. The van der Waals surface area contributed by atoms with Crippen LogP contribution < -0.4 is 0 Å². The van der Waals surface area contributed by atoms with Gasteiger partial charge in [-0.15, -0.1) is 0 Å². The molecule has 116 valence electrons. The maximum absolute atomic E-state index is 13.4. The predicted molar refractivity (Wildman–Crippen MR) is 86.4 cm³/mol. The summed E-state index contributed by atoms with van der Waals surface area (Å²) >= 11 is 3.30. The van der Waals surface area contributed by atoms with Gasteiger partial charge in [-0.1, -0.05) is 28.1 Å². The fourth-order valence-corrected chi connectivity index (χ4v) is 4.76. The molecule has 3 nitrogen and oxygen atoms in total. The number of sulfonamides is 1. The summed E-state index contributed by atoms with van der Waals surface area (Å²) in [7, 11) is -3.58. The van der Waals surface area contributed by atoms with Crippen molar-refractivity contribution in [2.45, 2.75) is 23.8 Å². The highest BCUT2D eigenvalue weighted by molar-refractivity contribution is 9.10. The summed E-state index contributed by atoms with van der Waals surface area (Å²) in [5.41, 5.74) is 0.707. The summed E-state index contributed by atoms with van der Waals surface area (Å²) in [4.78, 5) is 0.263. The molecule has 0 aliphatic carbocycles. The lowest BCUT2D eigenvalue weighted by Gasteiger charge is -2.24. The molecule has 6 heteroatoms. The highest BCUT2D eigenvalue weighted by Crippen LogP contribution is 2.36. The van der Waals surface area contributed by atoms with Crippen molar-refractivity contribution in [1.82, 2.24) is 4.31 Å². The summed E-state index contributed by atoms with van der Waals surface area (Å²) in [6.45, 7) is 0.458. The van der Waals surface area contributed by atoms with E-state index in [1.54, 1.807) is 36.4 Å². The first-order valence-corrected chi connectivity index (χ1v) is 9.25. The van der Waals surface area contributed by atoms with Gasteiger partial charge >= 0.3 is 0 Å². The molecule has 3 rings (SSSR count). The summed E-state index contributed by atoms with van der Waals surface area (Å²) in [6, 6.07) is 12.5. The standard InChI is InChI=1S/C16H15BrFNO2S/c17-13-6-8-15(9-7-13)22(20,21)19-10-2-5-16(19)12-3-1-4-14(18)11-12/h1,3-4,6-9,11,16H,2,5,10H2/t16-/m1/s1. The van der Waals surface area contributed by atoms with Crippen LogP contribution in [0.4, 0.5) is 4.39 Å². The Kier molecular flexibility index (Phi) is 4.34. The van der Waals surface area contributed by atoms with Crippen molar-refractivity contribution < 1.29 is 12.8 Å². The van der Waals surface area contributed by atoms with E-state index < -0.39 is 10.0 Å². The van der Waals surface area contributed by atoms with E-state index in [4.69, 9.17) is 0 Å². The summed E-state index contributed by atoms with van der Waals surface area (Å²) < 4.78 is 41.4. The first-order chi connectivity index (χ1) is 10.5. The van der Waals surface area contributed by atoms with E-state index in [1.165, 1.54) is 16.4 Å². The van der Waals surface area contributed by atoms with Crippen LogP contribution in [0.2, 0.25) is 0 Å². The van der Waals surface area contributed by atoms with Crippen LogP contribution in [0.25, 0.3) is 0 Å². The lowest BCUT2D eigenvalue weighted by Crippen LogP contribution is -2.30. The average molecular weight is 384 g/mol. The molecule has 1 saturated heterocycles. The molecule has 2 aromatic carbocycles. The molecule has 1 fully saturated rings. The second kappa shape index (κ2) is 6.10. The molecule has 22 heavy (non-hydrogen) atoms. The van der Waals surface area contributed by atoms with Crippen LogP contribution in [0.15, 0.2) is 57.9 Å². The Morgan fingerprint density at radius 3 is 2.55 bits per heavy atom. The first-order valence-electron chi connectivity index (χ1n) is 7.01. The third-order valence-electron chi connectivity index (χ3n) is 3.86. The van der Waals surface area contributed by atoms with Gasteiger partial charge < -0.3 is 0 Å².